The molecule has 0 spiro atoms. The topological polar surface area (TPSA) is 36.0 Å². The van der Waals surface area contributed by atoms with Crippen molar-refractivity contribution in [2.24, 2.45) is 5.92 Å². The maximum absolute atomic E-state index is 12.5. The van der Waals surface area contributed by atoms with Gasteiger partial charge in [-0.25, -0.2) is 0 Å². The molecule has 4 rings (SSSR count). The van der Waals surface area contributed by atoms with E-state index in [0.29, 0.717) is 18.6 Å². The van der Waals surface area contributed by atoms with Crippen LogP contribution >= 0.6 is 0 Å². The number of amides is 1. The summed E-state index contributed by atoms with van der Waals surface area (Å²) in [4.78, 5) is 19.8. The molecule has 3 saturated heterocycles. The van der Waals surface area contributed by atoms with Crippen LogP contribution in [0, 0.1) is 5.92 Å². The fourth-order valence-corrected chi connectivity index (χ4v) is 4.57. The Morgan fingerprint density at radius 3 is 2.35 bits per heavy atom. The molecule has 1 aromatic rings. The number of carbonyl (C=O) groups is 1. The van der Waals surface area contributed by atoms with Crippen molar-refractivity contribution >= 4 is 5.91 Å². The Hall–Kier alpha value is -1.43. The Balaban J connectivity index is 1.20. The fraction of sp³-hybridized carbons (Fsp3) is 0.667. The first-order valence-electron chi connectivity index (χ1n) is 10.2. The molecule has 142 valence electrons. The molecule has 0 aromatic heterocycles. The van der Waals surface area contributed by atoms with E-state index in [9.17, 15) is 4.79 Å². The van der Waals surface area contributed by atoms with Crippen molar-refractivity contribution in [3.63, 3.8) is 0 Å². The van der Waals surface area contributed by atoms with E-state index >= 15 is 0 Å². The van der Waals surface area contributed by atoms with Gasteiger partial charge >= 0.3 is 0 Å². The predicted molar refractivity (Wildman–Crippen MR) is 102 cm³/mol. The summed E-state index contributed by atoms with van der Waals surface area (Å²) < 4.78 is 5.38. The summed E-state index contributed by atoms with van der Waals surface area (Å²) in [5, 5.41) is 0. The molecular weight excluding hydrogens is 326 g/mol. The SMILES string of the molecule is O=C(C1CCOC1)N1CCC(N2CCN(Cc3ccccc3)CC2)CC1. The average molecular weight is 357 g/mol. The summed E-state index contributed by atoms with van der Waals surface area (Å²) >= 11 is 0. The number of piperidine rings is 1. The lowest BCUT2D eigenvalue weighted by molar-refractivity contribution is -0.137. The summed E-state index contributed by atoms with van der Waals surface area (Å²) in [6.45, 7) is 8.88. The van der Waals surface area contributed by atoms with E-state index in [1.807, 2.05) is 0 Å². The molecule has 0 aliphatic carbocycles. The van der Waals surface area contributed by atoms with Crippen LogP contribution in [-0.4, -0.2) is 79.1 Å². The molecule has 3 aliphatic heterocycles. The largest absolute Gasteiger partial charge is 0.381 e. The van der Waals surface area contributed by atoms with Gasteiger partial charge in [-0.1, -0.05) is 30.3 Å². The van der Waals surface area contributed by atoms with Crippen LogP contribution in [0.5, 0.6) is 0 Å². The summed E-state index contributed by atoms with van der Waals surface area (Å²) in [5.41, 5.74) is 1.41. The molecule has 26 heavy (non-hydrogen) atoms. The Morgan fingerprint density at radius 2 is 1.69 bits per heavy atom. The molecular formula is C21H31N3O2. The number of nitrogens with zero attached hydrogens (tertiary/aromatic N) is 3. The van der Waals surface area contributed by atoms with Gasteiger partial charge < -0.3 is 9.64 Å². The smallest absolute Gasteiger partial charge is 0.228 e. The molecule has 3 fully saturated rings. The van der Waals surface area contributed by atoms with E-state index in [4.69, 9.17) is 4.74 Å². The third-order valence-corrected chi connectivity index (χ3v) is 6.23. The minimum absolute atomic E-state index is 0.119. The number of rotatable bonds is 4. The summed E-state index contributed by atoms with van der Waals surface area (Å²) in [5.74, 6) is 0.446. The fourth-order valence-electron chi connectivity index (χ4n) is 4.57. The molecule has 3 heterocycles. The van der Waals surface area contributed by atoms with Gasteiger partial charge in [0.05, 0.1) is 12.5 Å². The van der Waals surface area contributed by atoms with Crippen molar-refractivity contribution in [3.05, 3.63) is 35.9 Å². The van der Waals surface area contributed by atoms with Crippen molar-refractivity contribution in [1.29, 1.82) is 0 Å². The van der Waals surface area contributed by atoms with Crippen molar-refractivity contribution in [3.8, 4) is 0 Å². The minimum Gasteiger partial charge on any atom is -0.381 e. The number of ether oxygens (including phenoxy) is 1. The van der Waals surface area contributed by atoms with E-state index in [-0.39, 0.29) is 5.92 Å². The van der Waals surface area contributed by atoms with Gasteiger partial charge in [-0.3, -0.25) is 14.6 Å². The molecule has 5 nitrogen and oxygen atoms in total. The number of hydrogen-bond donors (Lipinski definition) is 0. The van der Waals surface area contributed by atoms with E-state index in [0.717, 1.165) is 71.7 Å². The average Bonchev–Trinajstić information content (AvgIpc) is 3.24. The van der Waals surface area contributed by atoms with Crippen molar-refractivity contribution in [2.75, 3.05) is 52.5 Å². The minimum atomic E-state index is 0.119. The monoisotopic (exact) mass is 357 g/mol. The molecule has 0 radical (unpaired) electrons. The van der Waals surface area contributed by atoms with Crippen LogP contribution in [0.15, 0.2) is 30.3 Å². The Labute approximate surface area is 156 Å². The highest BCUT2D eigenvalue weighted by molar-refractivity contribution is 5.79. The number of hydrogen-bond acceptors (Lipinski definition) is 4. The van der Waals surface area contributed by atoms with Crippen LogP contribution in [0.4, 0.5) is 0 Å². The lowest BCUT2D eigenvalue weighted by Crippen LogP contribution is -2.54. The van der Waals surface area contributed by atoms with Gasteiger partial charge in [-0.2, -0.15) is 0 Å². The summed E-state index contributed by atoms with van der Waals surface area (Å²) in [6, 6.07) is 11.4. The third kappa shape index (κ3) is 4.27. The molecule has 1 aromatic carbocycles. The van der Waals surface area contributed by atoms with E-state index in [2.05, 4.69) is 45.0 Å². The van der Waals surface area contributed by atoms with Crippen molar-refractivity contribution in [2.45, 2.75) is 31.8 Å². The van der Waals surface area contributed by atoms with Crippen LogP contribution in [0.1, 0.15) is 24.8 Å². The predicted octanol–water partition coefficient (Wildman–Crippen LogP) is 1.83. The molecule has 5 heteroatoms. The highest BCUT2D eigenvalue weighted by atomic mass is 16.5. The van der Waals surface area contributed by atoms with Gasteiger partial charge in [0, 0.05) is 58.5 Å². The maximum Gasteiger partial charge on any atom is 0.228 e. The van der Waals surface area contributed by atoms with Gasteiger partial charge in [-0.05, 0) is 24.8 Å². The first-order valence-corrected chi connectivity index (χ1v) is 10.2. The zero-order valence-corrected chi connectivity index (χ0v) is 15.7. The second-order valence-electron chi connectivity index (χ2n) is 7.91. The number of carbonyl (C=O) groups excluding carboxylic acids is 1. The lowest BCUT2D eigenvalue weighted by atomic mass is 9.99. The molecule has 1 unspecified atom stereocenters. The van der Waals surface area contributed by atoms with Crippen LogP contribution < -0.4 is 0 Å². The van der Waals surface area contributed by atoms with E-state index < -0.39 is 0 Å². The molecule has 0 bridgehead atoms. The van der Waals surface area contributed by atoms with Gasteiger partial charge in [0.1, 0.15) is 0 Å². The molecule has 3 aliphatic rings. The van der Waals surface area contributed by atoms with E-state index in [1.54, 1.807) is 0 Å². The van der Waals surface area contributed by atoms with Crippen molar-refractivity contribution < 1.29 is 9.53 Å². The Bertz CT molecular complexity index is 572. The highest BCUT2D eigenvalue weighted by Gasteiger charge is 2.32. The van der Waals surface area contributed by atoms with E-state index in [1.165, 1.54) is 5.56 Å². The second kappa shape index (κ2) is 8.51. The van der Waals surface area contributed by atoms with Crippen molar-refractivity contribution in [1.82, 2.24) is 14.7 Å². The number of piperazine rings is 1. The van der Waals surface area contributed by atoms with Crippen LogP contribution in [-0.2, 0) is 16.1 Å². The molecule has 0 saturated carbocycles. The zero-order valence-electron chi connectivity index (χ0n) is 15.7. The number of likely N-dealkylation sites (tertiary alicyclic amines) is 1. The summed E-state index contributed by atoms with van der Waals surface area (Å²) in [6.07, 6.45) is 3.15. The normalized spacial score (nSPS) is 26.3. The van der Waals surface area contributed by atoms with Gasteiger partial charge in [-0.15, -0.1) is 0 Å². The zero-order chi connectivity index (χ0) is 17.8. The molecule has 0 N–H and O–H groups in total. The first kappa shape index (κ1) is 18.0. The Kier molecular flexibility index (Phi) is 5.88. The van der Waals surface area contributed by atoms with Gasteiger partial charge in [0.2, 0.25) is 5.91 Å². The Morgan fingerprint density at radius 1 is 0.962 bits per heavy atom. The quantitative estimate of drug-likeness (QED) is 0.824. The number of benzene rings is 1. The first-order chi connectivity index (χ1) is 12.8. The summed E-state index contributed by atoms with van der Waals surface area (Å²) in [7, 11) is 0. The van der Waals surface area contributed by atoms with Crippen LogP contribution in [0.2, 0.25) is 0 Å². The highest BCUT2D eigenvalue weighted by Crippen LogP contribution is 2.22. The second-order valence-corrected chi connectivity index (χ2v) is 7.91. The van der Waals surface area contributed by atoms with Gasteiger partial charge in [0.25, 0.3) is 0 Å². The third-order valence-electron chi connectivity index (χ3n) is 6.23. The van der Waals surface area contributed by atoms with Gasteiger partial charge in [0.15, 0.2) is 0 Å². The standard InChI is InChI=1S/C21H31N3O2/c25-21(19-8-15-26-17-19)24-9-6-20(7-10-24)23-13-11-22(12-14-23)16-18-4-2-1-3-5-18/h1-5,19-20H,6-17H2. The maximum atomic E-state index is 12.5. The molecule has 1 amide bonds. The van der Waals surface area contributed by atoms with Crippen LogP contribution in [0.25, 0.3) is 0 Å². The molecule has 1 atom stereocenters. The lowest BCUT2D eigenvalue weighted by Gasteiger charge is -2.43. The van der Waals surface area contributed by atoms with Crippen LogP contribution in [0.3, 0.4) is 0 Å².